The van der Waals surface area contributed by atoms with Crippen molar-refractivity contribution in [2.45, 2.75) is 38.3 Å². The molecule has 4 nitrogen and oxygen atoms in total. The van der Waals surface area contributed by atoms with Crippen LogP contribution in [0.2, 0.25) is 0 Å². The smallest absolute Gasteiger partial charge is 0.0704 e. The molecule has 1 N–H and O–H groups in total. The number of ether oxygens (including phenoxy) is 3. The van der Waals surface area contributed by atoms with Crippen LogP contribution in [-0.2, 0) is 14.2 Å². The van der Waals surface area contributed by atoms with E-state index in [2.05, 4.69) is 12.2 Å². The van der Waals surface area contributed by atoms with Gasteiger partial charge in [-0.1, -0.05) is 6.92 Å². The van der Waals surface area contributed by atoms with Gasteiger partial charge in [0.05, 0.1) is 32.5 Å². The second-order valence-corrected chi connectivity index (χ2v) is 4.17. The lowest BCUT2D eigenvalue weighted by atomic mass is 10.2. The molecule has 0 aliphatic heterocycles. The fourth-order valence-electron chi connectivity index (χ4n) is 2.08. The van der Waals surface area contributed by atoms with Gasteiger partial charge in [-0.25, -0.2) is 0 Å². The second kappa shape index (κ2) is 8.93. The molecule has 0 spiro atoms. The third kappa shape index (κ3) is 5.80. The monoisotopic (exact) mass is 231 g/mol. The molecule has 0 aromatic heterocycles. The van der Waals surface area contributed by atoms with Crippen molar-refractivity contribution in [2.24, 2.45) is 0 Å². The zero-order chi connectivity index (χ0) is 11.6. The van der Waals surface area contributed by atoms with Gasteiger partial charge in [-0.3, -0.25) is 0 Å². The van der Waals surface area contributed by atoms with Crippen LogP contribution < -0.4 is 5.32 Å². The SMILES string of the molecule is CCNC1CCC(OCCOCCOC)C1. The van der Waals surface area contributed by atoms with E-state index in [-0.39, 0.29) is 0 Å². The topological polar surface area (TPSA) is 39.7 Å². The van der Waals surface area contributed by atoms with E-state index in [0.29, 0.717) is 38.6 Å². The molecule has 0 amide bonds. The lowest BCUT2D eigenvalue weighted by Crippen LogP contribution is -2.27. The van der Waals surface area contributed by atoms with Crippen LogP contribution in [-0.4, -0.2) is 52.2 Å². The van der Waals surface area contributed by atoms with Gasteiger partial charge in [0.15, 0.2) is 0 Å². The predicted octanol–water partition coefficient (Wildman–Crippen LogP) is 1.20. The van der Waals surface area contributed by atoms with E-state index in [0.717, 1.165) is 13.0 Å². The maximum absolute atomic E-state index is 5.75. The Morgan fingerprint density at radius 2 is 1.94 bits per heavy atom. The van der Waals surface area contributed by atoms with Crippen molar-refractivity contribution in [1.82, 2.24) is 5.32 Å². The van der Waals surface area contributed by atoms with E-state index in [1.807, 2.05) is 0 Å². The molecular formula is C12H25NO3. The van der Waals surface area contributed by atoms with Gasteiger partial charge in [0.1, 0.15) is 0 Å². The van der Waals surface area contributed by atoms with Crippen molar-refractivity contribution in [3.63, 3.8) is 0 Å². The first-order valence-corrected chi connectivity index (χ1v) is 6.28. The maximum atomic E-state index is 5.75. The van der Waals surface area contributed by atoms with Gasteiger partial charge < -0.3 is 19.5 Å². The average molecular weight is 231 g/mol. The maximum Gasteiger partial charge on any atom is 0.0704 e. The van der Waals surface area contributed by atoms with Crippen molar-refractivity contribution < 1.29 is 14.2 Å². The molecule has 0 bridgehead atoms. The number of hydrogen-bond acceptors (Lipinski definition) is 4. The average Bonchev–Trinajstić information content (AvgIpc) is 2.72. The molecule has 0 aromatic carbocycles. The minimum Gasteiger partial charge on any atom is -0.382 e. The van der Waals surface area contributed by atoms with Gasteiger partial charge in [-0.05, 0) is 25.8 Å². The zero-order valence-corrected chi connectivity index (χ0v) is 10.5. The van der Waals surface area contributed by atoms with Crippen LogP contribution in [0.25, 0.3) is 0 Å². The third-order valence-electron chi connectivity index (χ3n) is 2.89. The van der Waals surface area contributed by atoms with Gasteiger partial charge in [-0.15, -0.1) is 0 Å². The summed E-state index contributed by atoms with van der Waals surface area (Å²) in [6.07, 6.45) is 3.99. The number of rotatable bonds is 9. The molecule has 2 unspecified atom stereocenters. The summed E-state index contributed by atoms with van der Waals surface area (Å²) >= 11 is 0. The van der Waals surface area contributed by atoms with Crippen LogP contribution >= 0.6 is 0 Å². The minimum absolute atomic E-state index is 0.426. The summed E-state index contributed by atoms with van der Waals surface area (Å²) in [5.41, 5.74) is 0. The van der Waals surface area contributed by atoms with E-state index in [9.17, 15) is 0 Å². The quantitative estimate of drug-likeness (QED) is 0.605. The Morgan fingerprint density at radius 3 is 2.69 bits per heavy atom. The molecule has 1 aliphatic carbocycles. The van der Waals surface area contributed by atoms with E-state index in [4.69, 9.17) is 14.2 Å². The summed E-state index contributed by atoms with van der Waals surface area (Å²) in [4.78, 5) is 0. The van der Waals surface area contributed by atoms with Crippen LogP contribution in [0.5, 0.6) is 0 Å². The van der Waals surface area contributed by atoms with E-state index in [1.165, 1.54) is 12.8 Å². The van der Waals surface area contributed by atoms with Gasteiger partial charge >= 0.3 is 0 Å². The molecule has 2 atom stereocenters. The van der Waals surface area contributed by atoms with Crippen molar-refractivity contribution in [3.05, 3.63) is 0 Å². The van der Waals surface area contributed by atoms with E-state index < -0.39 is 0 Å². The Kier molecular flexibility index (Phi) is 7.76. The summed E-state index contributed by atoms with van der Waals surface area (Å²) in [6.45, 7) is 5.89. The Bertz CT molecular complexity index is 166. The highest BCUT2D eigenvalue weighted by atomic mass is 16.5. The van der Waals surface area contributed by atoms with E-state index in [1.54, 1.807) is 7.11 Å². The molecular weight excluding hydrogens is 206 g/mol. The number of hydrogen-bond donors (Lipinski definition) is 1. The fraction of sp³-hybridized carbons (Fsp3) is 1.00. The van der Waals surface area contributed by atoms with E-state index >= 15 is 0 Å². The first-order chi connectivity index (χ1) is 7.86. The molecule has 0 aromatic rings. The second-order valence-electron chi connectivity index (χ2n) is 4.17. The highest BCUT2D eigenvalue weighted by molar-refractivity contribution is 4.80. The standard InChI is InChI=1S/C12H25NO3/c1-3-13-11-4-5-12(10-11)16-9-8-15-7-6-14-2/h11-13H,3-10H2,1-2H3. The molecule has 0 radical (unpaired) electrons. The van der Waals surface area contributed by atoms with Gasteiger partial charge in [0, 0.05) is 13.2 Å². The van der Waals surface area contributed by atoms with Gasteiger partial charge in [-0.2, -0.15) is 0 Å². The fourth-order valence-corrected chi connectivity index (χ4v) is 2.08. The number of methoxy groups -OCH3 is 1. The molecule has 0 saturated heterocycles. The first kappa shape index (κ1) is 13.9. The van der Waals surface area contributed by atoms with Crippen LogP contribution in [0.15, 0.2) is 0 Å². The Labute approximate surface area is 98.6 Å². The predicted molar refractivity (Wildman–Crippen MR) is 63.8 cm³/mol. The van der Waals surface area contributed by atoms with Crippen molar-refractivity contribution >= 4 is 0 Å². The van der Waals surface area contributed by atoms with Crippen molar-refractivity contribution in [2.75, 3.05) is 40.1 Å². The molecule has 1 fully saturated rings. The summed E-state index contributed by atoms with van der Waals surface area (Å²) in [5, 5.41) is 3.46. The first-order valence-electron chi connectivity index (χ1n) is 6.28. The summed E-state index contributed by atoms with van der Waals surface area (Å²) in [7, 11) is 1.68. The lowest BCUT2D eigenvalue weighted by molar-refractivity contribution is -0.00442. The van der Waals surface area contributed by atoms with Crippen LogP contribution in [0.4, 0.5) is 0 Å². The molecule has 16 heavy (non-hydrogen) atoms. The minimum atomic E-state index is 0.426. The molecule has 4 heteroatoms. The van der Waals surface area contributed by atoms with Crippen LogP contribution in [0, 0.1) is 0 Å². The Morgan fingerprint density at radius 1 is 1.12 bits per heavy atom. The largest absolute Gasteiger partial charge is 0.382 e. The van der Waals surface area contributed by atoms with Gasteiger partial charge in [0.2, 0.25) is 0 Å². The zero-order valence-electron chi connectivity index (χ0n) is 10.5. The highest BCUT2D eigenvalue weighted by Gasteiger charge is 2.23. The Balaban J connectivity index is 1.90. The molecule has 0 heterocycles. The third-order valence-corrected chi connectivity index (χ3v) is 2.89. The molecule has 1 aliphatic rings. The van der Waals surface area contributed by atoms with Crippen molar-refractivity contribution in [3.8, 4) is 0 Å². The normalized spacial score (nSPS) is 25.1. The van der Waals surface area contributed by atoms with Gasteiger partial charge in [0.25, 0.3) is 0 Å². The summed E-state index contributed by atoms with van der Waals surface area (Å²) in [6, 6.07) is 0.657. The van der Waals surface area contributed by atoms with Crippen molar-refractivity contribution in [1.29, 1.82) is 0 Å². The number of nitrogens with one attached hydrogen (secondary N) is 1. The Hall–Kier alpha value is -0.160. The van der Waals surface area contributed by atoms with Crippen LogP contribution in [0.3, 0.4) is 0 Å². The summed E-state index contributed by atoms with van der Waals surface area (Å²) in [5.74, 6) is 0. The highest BCUT2D eigenvalue weighted by Crippen LogP contribution is 2.21. The van der Waals surface area contributed by atoms with Crippen LogP contribution in [0.1, 0.15) is 26.2 Å². The molecule has 1 saturated carbocycles. The molecule has 1 rings (SSSR count). The molecule has 96 valence electrons. The summed E-state index contributed by atoms with van der Waals surface area (Å²) < 4.78 is 16.0. The lowest BCUT2D eigenvalue weighted by Gasteiger charge is -2.13.